The van der Waals surface area contributed by atoms with E-state index in [2.05, 4.69) is 105 Å². The molecule has 1 aliphatic carbocycles. The molecule has 1 atom stereocenters. The molecule has 0 radical (unpaired) electrons. The van der Waals surface area contributed by atoms with Crippen LogP contribution in [0.25, 0.3) is 32.3 Å². The molecule has 1 unspecified atom stereocenters. The SMILES string of the molecule is Cc1ccc2ccccc2c1N1/C(=C/C=C2/C(=O)c3cc4ccccc4cc3C2O)C(C)(C)c2c1ccc1ccccc21. The minimum Gasteiger partial charge on any atom is -0.383 e. The average molecular weight is 558 g/mol. The van der Waals surface area contributed by atoms with Crippen molar-refractivity contribution in [3.05, 3.63) is 155 Å². The summed E-state index contributed by atoms with van der Waals surface area (Å²) in [5, 5.41) is 18.2. The minimum absolute atomic E-state index is 0.114. The zero-order chi connectivity index (χ0) is 29.5. The van der Waals surface area contributed by atoms with Crippen LogP contribution >= 0.6 is 0 Å². The van der Waals surface area contributed by atoms with Crippen LogP contribution in [0.5, 0.6) is 0 Å². The number of rotatable bonds is 2. The number of aliphatic hydroxyl groups excluding tert-OH is 1. The quantitative estimate of drug-likeness (QED) is 0.216. The van der Waals surface area contributed by atoms with E-state index in [-0.39, 0.29) is 11.2 Å². The van der Waals surface area contributed by atoms with E-state index in [1.54, 1.807) is 0 Å². The fourth-order valence-electron chi connectivity index (χ4n) is 7.29. The van der Waals surface area contributed by atoms with Crippen LogP contribution in [-0.2, 0) is 5.41 Å². The van der Waals surface area contributed by atoms with Gasteiger partial charge in [0.25, 0.3) is 0 Å². The molecule has 6 aromatic carbocycles. The lowest BCUT2D eigenvalue weighted by Gasteiger charge is -2.29. The highest BCUT2D eigenvalue weighted by Crippen LogP contribution is 2.55. The van der Waals surface area contributed by atoms with Crippen LogP contribution in [0.2, 0.25) is 0 Å². The first-order valence-corrected chi connectivity index (χ1v) is 14.8. The zero-order valence-electron chi connectivity index (χ0n) is 24.4. The maximum atomic E-state index is 13.7. The average Bonchev–Trinajstić information content (AvgIpc) is 3.39. The van der Waals surface area contributed by atoms with E-state index in [0.717, 1.165) is 27.8 Å². The number of Topliss-reactive ketones (excluding diaryl/α,β-unsaturated/α-hetero) is 1. The van der Waals surface area contributed by atoms with Gasteiger partial charge in [-0.3, -0.25) is 4.79 Å². The van der Waals surface area contributed by atoms with Gasteiger partial charge in [0.15, 0.2) is 5.78 Å². The predicted molar refractivity (Wildman–Crippen MR) is 177 cm³/mol. The monoisotopic (exact) mass is 557 g/mol. The fraction of sp³-hybridized carbons (Fsp3) is 0.125. The molecule has 6 aromatic rings. The summed E-state index contributed by atoms with van der Waals surface area (Å²) in [6.45, 7) is 6.68. The second-order valence-corrected chi connectivity index (χ2v) is 12.3. The summed E-state index contributed by atoms with van der Waals surface area (Å²) in [6, 6.07) is 37.7. The number of hydrogen-bond acceptors (Lipinski definition) is 3. The lowest BCUT2D eigenvalue weighted by atomic mass is 9.81. The van der Waals surface area contributed by atoms with Crippen molar-refractivity contribution in [1.82, 2.24) is 0 Å². The molecule has 0 saturated carbocycles. The van der Waals surface area contributed by atoms with Gasteiger partial charge in [0.05, 0.1) is 11.4 Å². The highest BCUT2D eigenvalue weighted by molar-refractivity contribution is 6.16. The number of carbonyl (C=O) groups excluding carboxylic acids is 1. The summed E-state index contributed by atoms with van der Waals surface area (Å²) < 4.78 is 0. The molecule has 3 heteroatoms. The molecule has 2 aliphatic rings. The van der Waals surface area contributed by atoms with Gasteiger partial charge in [0, 0.05) is 27.6 Å². The van der Waals surface area contributed by atoms with Gasteiger partial charge in [-0.05, 0) is 74.8 Å². The van der Waals surface area contributed by atoms with Gasteiger partial charge in [-0.1, -0.05) is 111 Å². The van der Waals surface area contributed by atoms with Crippen molar-refractivity contribution in [3.8, 4) is 0 Å². The summed E-state index contributed by atoms with van der Waals surface area (Å²) in [7, 11) is 0. The Morgan fingerprint density at radius 2 is 1.33 bits per heavy atom. The molecule has 43 heavy (non-hydrogen) atoms. The second-order valence-electron chi connectivity index (χ2n) is 12.3. The van der Waals surface area contributed by atoms with Crippen molar-refractivity contribution < 1.29 is 9.90 Å². The van der Waals surface area contributed by atoms with E-state index in [1.807, 2.05) is 42.5 Å². The first-order chi connectivity index (χ1) is 20.8. The first kappa shape index (κ1) is 25.7. The molecule has 0 saturated heterocycles. The molecule has 1 N–H and O–H groups in total. The summed E-state index contributed by atoms with van der Waals surface area (Å²) in [5.41, 5.74) is 7.05. The number of allylic oxidation sites excluding steroid dienone is 3. The maximum absolute atomic E-state index is 13.7. The van der Waals surface area contributed by atoms with Crippen molar-refractivity contribution in [3.63, 3.8) is 0 Å². The molecule has 8 rings (SSSR count). The van der Waals surface area contributed by atoms with Crippen LogP contribution in [0, 0.1) is 6.92 Å². The number of carbonyl (C=O) groups is 1. The highest BCUT2D eigenvalue weighted by Gasteiger charge is 2.43. The van der Waals surface area contributed by atoms with E-state index in [9.17, 15) is 9.90 Å². The Morgan fingerprint density at radius 3 is 2.07 bits per heavy atom. The van der Waals surface area contributed by atoms with Crippen LogP contribution < -0.4 is 4.90 Å². The Morgan fingerprint density at radius 1 is 0.721 bits per heavy atom. The molecule has 0 aromatic heterocycles. The Kier molecular flexibility index (Phi) is 5.53. The lowest BCUT2D eigenvalue weighted by Crippen LogP contribution is -2.23. The first-order valence-electron chi connectivity index (χ1n) is 14.8. The molecule has 0 spiro atoms. The summed E-state index contributed by atoms with van der Waals surface area (Å²) in [5.74, 6) is -0.114. The van der Waals surface area contributed by atoms with E-state index >= 15 is 0 Å². The van der Waals surface area contributed by atoms with Gasteiger partial charge in [-0.15, -0.1) is 0 Å². The van der Waals surface area contributed by atoms with Crippen molar-refractivity contribution in [1.29, 1.82) is 0 Å². The van der Waals surface area contributed by atoms with E-state index in [0.29, 0.717) is 16.7 Å². The molecular weight excluding hydrogens is 526 g/mol. The third-order valence-corrected chi connectivity index (χ3v) is 9.41. The number of hydrogen-bond donors (Lipinski definition) is 1. The van der Waals surface area contributed by atoms with Crippen molar-refractivity contribution in [2.24, 2.45) is 0 Å². The molecular formula is C40H31NO2. The largest absolute Gasteiger partial charge is 0.383 e. The van der Waals surface area contributed by atoms with Gasteiger partial charge < -0.3 is 10.0 Å². The minimum atomic E-state index is -0.968. The lowest BCUT2D eigenvalue weighted by molar-refractivity contribution is 0.101. The molecule has 0 bridgehead atoms. The molecule has 1 heterocycles. The summed E-state index contributed by atoms with van der Waals surface area (Å²) in [4.78, 5) is 16.1. The van der Waals surface area contributed by atoms with Crippen molar-refractivity contribution in [2.75, 3.05) is 4.90 Å². The number of ketones is 1. The molecule has 208 valence electrons. The highest BCUT2D eigenvalue weighted by atomic mass is 16.3. The van der Waals surface area contributed by atoms with Crippen LogP contribution in [0.3, 0.4) is 0 Å². The van der Waals surface area contributed by atoms with E-state index in [4.69, 9.17) is 0 Å². The Bertz CT molecular complexity index is 2220. The normalized spacial score (nSPS) is 19.2. The van der Waals surface area contributed by atoms with Gasteiger partial charge in [-0.25, -0.2) is 0 Å². The van der Waals surface area contributed by atoms with Gasteiger partial charge in [-0.2, -0.15) is 0 Å². The molecule has 1 aliphatic heterocycles. The van der Waals surface area contributed by atoms with Crippen molar-refractivity contribution >= 4 is 49.5 Å². The summed E-state index contributed by atoms with van der Waals surface area (Å²) in [6.07, 6.45) is 2.96. The standard InChI is InChI=1S/C40H31NO2/c1-24-16-17-26-11-7-9-15-30(26)37(24)41-34-20-18-25-10-6-8-14-29(25)36(34)40(2,3)35(41)21-19-31-38(42)32-22-27-12-4-5-13-28(27)23-33(32)39(31)43/h4-23,38,42H,1-3H3/b31-19+,35-21+. The Hall–Kier alpha value is -4.99. The van der Waals surface area contributed by atoms with Crippen LogP contribution in [0.1, 0.15) is 47.0 Å². The van der Waals surface area contributed by atoms with Crippen LogP contribution in [0.15, 0.2) is 133 Å². The molecule has 0 amide bonds. The fourth-order valence-corrected chi connectivity index (χ4v) is 7.29. The zero-order valence-corrected chi connectivity index (χ0v) is 24.4. The number of fused-ring (bicyclic) bond motifs is 6. The third kappa shape index (κ3) is 3.68. The Balaban J connectivity index is 1.37. The Labute approximate surface area is 251 Å². The second kappa shape index (κ2) is 9.26. The van der Waals surface area contributed by atoms with E-state index in [1.165, 1.54) is 32.7 Å². The maximum Gasteiger partial charge on any atom is 0.192 e. The molecule has 0 fully saturated rings. The van der Waals surface area contributed by atoms with Crippen molar-refractivity contribution in [2.45, 2.75) is 32.3 Å². The summed E-state index contributed by atoms with van der Waals surface area (Å²) >= 11 is 0. The third-order valence-electron chi connectivity index (χ3n) is 9.41. The number of benzene rings is 6. The number of aliphatic hydroxyl groups is 1. The topological polar surface area (TPSA) is 40.5 Å². The van der Waals surface area contributed by atoms with Crippen LogP contribution in [-0.4, -0.2) is 10.9 Å². The molecule has 3 nitrogen and oxygen atoms in total. The van der Waals surface area contributed by atoms with Gasteiger partial charge in [0.1, 0.15) is 6.10 Å². The van der Waals surface area contributed by atoms with E-state index < -0.39 is 6.10 Å². The number of aryl methyl sites for hydroxylation is 1. The smallest absolute Gasteiger partial charge is 0.192 e. The van der Waals surface area contributed by atoms with Gasteiger partial charge in [0.2, 0.25) is 0 Å². The van der Waals surface area contributed by atoms with Crippen LogP contribution in [0.4, 0.5) is 11.4 Å². The van der Waals surface area contributed by atoms with Gasteiger partial charge >= 0.3 is 0 Å². The number of anilines is 2. The predicted octanol–water partition coefficient (Wildman–Crippen LogP) is 9.62. The number of nitrogens with zero attached hydrogens (tertiary/aromatic N) is 1.